The van der Waals surface area contributed by atoms with Crippen molar-refractivity contribution in [2.75, 3.05) is 23.1 Å². The Bertz CT molecular complexity index is 1900. The van der Waals surface area contributed by atoms with Crippen LogP contribution in [0.5, 0.6) is 0 Å². The van der Waals surface area contributed by atoms with Gasteiger partial charge in [-0.05, 0) is 24.3 Å². The second kappa shape index (κ2) is 10.8. The van der Waals surface area contributed by atoms with Crippen LogP contribution in [0.15, 0.2) is 61.4 Å². The third kappa shape index (κ3) is 5.58. The number of terminal acetylenes is 1. The van der Waals surface area contributed by atoms with Crippen LogP contribution < -0.4 is 14.8 Å². The molecule has 0 aliphatic carbocycles. The number of nitrogens with zero attached hydrogens (tertiary/aromatic N) is 7. The number of rotatable bonds is 9. The van der Waals surface area contributed by atoms with Gasteiger partial charge in [0.15, 0.2) is 0 Å². The number of halogens is 1. The molecule has 0 radical (unpaired) electrons. The van der Waals surface area contributed by atoms with Gasteiger partial charge >= 0.3 is 0 Å². The zero-order chi connectivity index (χ0) is 28.3. The second-order valence-electron chi connectivity index (χ2n) is 8.57. The maximum atomic E-state index is 13.4. The number of aryl methyl sites for hydroxylation is 1. The van der Waals surface area contributed by atoms with Crippen LogP contribution in [0, 0.1) is 29.6 Å². The quantitative estimate of drug-likeness (QED) is 0.142. The highest BCUT2D eigenvalue weighted by Crippen LogP contribution is 2.32. The van der Waals surface area contributed by atoms with Gasteiger partial charge in [0.05, 0.1) is 40.9 Å². The molecule has 5 aromatic rings. The molecule has 5 heterocycles. The maximum Gasteiger partial charge on any atom is 0.299 e. The molecule has 0 unspecified atom stereocenters. The Labute approximate surface area is 228 Å². The molecule has 12 nitrogen and oxygen atoms in total. The minimum Gasteiger partial charge on any atom is -0.369 e. The van der Waals surface area contributed by atoms with Gasteiger partial charge in [-0.1, -0.05) is 5.92 Å². The van der Waals surface area contributed by atoms with E-state index in [9.17, 15) is 18.1 Å². The number of aromatic nitrogens is 6. The van der Waals surface area contributed by atoms with Crippen LogP contribution in [-0.2, 0) is 17.3 Å². The summed E-state index contributed by atoms with van der Waals surface area (Å²) in [5, 5.41) is 21.2. The van der Waals surface area contributed by atoms with Crippen molar-refractivity contribution in [2.24, 2.45) is 7.05 Å². The molecule has 5 aromatic heterocycles. The minimum absolute atomic E-state index is 0.0323. The van der Waals surface area contributed by atoms with Crippen molar-refractivity contribution in [2.45, 2.75) is 0 Å². The minimum atomic E-state index is -3.95. The molecule has 40 heavy (non-hydrogen) atoms. The summed E-state index contributed by atoms with van der Waals surface area (Å²) in [5.41, 5.74) is 4.28. The molecule has 0 fully saturated rings. The Balaban J connectivity index is 1.26. The van der Waals surface area contributed by atoms with Crippen molar-refractivity contribution in [3.05, 3.63) is 78.5 Å². The summed E-state index contributed by atoms with van der Waals surface area (Å²) < 4.78 is 46.0. The first kappa shape index (κ1) is 26.3. The molecule has 5 rings (SSSR count). The standard InChI is InChI=1S/C26H21FN10O2S/c1-3-17-8-22(14-31-26(17)27)35-40(38,39)34-7-6-29-24-5-4-18(11-30-24)23-9-19(21-13-32-36(2)15-21)16-37-25(23)20(10-28)12-33-37/h1,4-5,8-9,11-16,34-35H,6-7H2,2H3,(H,29,30). The van der Waals surface area contributed by atoms with E-state index in [0.29, 0.717) is 16.9 Å². The second-order valence-corrected chi connectivity index (χ2v) is 10.1. The largest absolute Gasteiger partial charge is 0.369 e. The van der Waals surface area contributed by atoms with E-state index in [0.717, 1.165) is 28.5 Å². The lowest BCUT2D eigenvalue weighted by atomic mass is 10.0. The third-order valence-corrected chi connectivity index (χ3v) is 6.90. The molecule has 0 saturated heterocycles. The van der Waals surface area contributed by atoms with E-state index in [4.69, 9.17) is 6.42 Å². The van der Waals surface area contributed by atoms with Crippen molar-refractivity contribution < 1.29 is 12.8 Å². The average molecular weight is 557 g/mol. The Morgan fingerprint density at radius 2 is 1.85 bits per heavy atom. The Hall–Kier alpha value is -5.31. The molecule has 3 N–H and O–H groups in total. The number of nitrogens with one attached hydrogen (secondary N) is 3. The predicted octanol–water partition coefficient (Wildman–Crippen LogP) is 2.54. The van der Waals surface area contributed by atoms with Gasteiger partial charge in [0.25, 0.3) is 10.2 Å². The summed E-state index contributed by atoms with van der Waals surface area (Å²) in [6.45, 7) is 0.261. The van der Waals surface area contributed by atoms with Crippen LogP contribution in [0.3, 0.4) is 0 Å². The summed E-state index contributed by atoms with van der Waals surface area (Å²) in [5.74, 6) is 1.76. The normalized spacial score (nSPS) is 11.2. The fraction of sp³-hybridized carbons (Fsp3) is 0.115. The third-order valence-electron chi connectivity index (χ3n) is 5.81. The van der Waals surface area contributed by atoms with Gasteiger partial charge in [0.1, 0.15) is 11.9 Å². The van der Waals surface area contributed by atoms with Crippen molar-refractivity contribution >= 4 is 27.2 Å². The average Bonchev–Trinajstić information content (AvgIpc) is 3.58. The number of hydrogen-bond donors (Lipinski definition) is 3. The summed E-state index contributed by atoms with van der Waals surface area (Å²) in [7, 11) is -2.12. The predicted molar refractivity (Wildman–Crippen MR) is 147 cm³/mol. The van der Waals surface area contributed by atoms with Gasteiger partial charge in [-0.25, -0.2) is 14.5 Å². The molecule has 14 heteroatoms. The van der Waals surface area contributed by atoms with Crippen LogP contribution in [0.2, 0.25) is 0 Å². The van der Waals surface area contributed by atoms with Crippen LogP contribution >= 0.6 is 0 Å². The number of fused-ring (bicyclic) bond motifs is 1. The smallest absolute Gasteiger partial charge is 0.299 e. The van der Waals surface area contributed by atoms with Gasteiger partial charge in [-0.2, -0.15) is 33.0 Å². The molecule has 0 atom stereocenters. The lowest BCUT2D eigenvalue weighted by Gasteiger charge is -2.11. The van der Waals surface area contributed by atoms with Gasteiger partial charge in [0, 0.05) is 61.0 Å². The molecular weight excluding hydrogens is 535 g/mol. The van der Waals surface area contributed by atoms with Crippen LogP contribution in [0.25, 0.3) is 27.8 Å². The summed E-state index contributed by atoms with van der Waals surface area (Å²) in [6.07, 6.45) is 14.9. The summed E-state index contributed by atoms with van der Waals surface area (Å²) >= 11 is 0. The van der Waals surface area contributed by atoms with E-state index >= 15 is 0 Å². The van der Waals surface area contributed by atoms with Crippen molar-refractivity contribution in [1.82, 2.24) is 34.1 Å². The Morgan fingerprint density at radius 1 is 1.00 bits per heavy atom. The molecule has 0 amide bonds. The van der Waals surface area contributed by atoms with Gasteiger partial charge in [0.2, 0.25) is 5.95 Å². The van der Waals surface area contributed by atoms with Crippen LogP contribution in [-0.4, -0.2) is 50.9 Å². The first-order valence-corrected chi connectivity index (χ1v) is 13.2. The topological polar surface area (TPSA) is 155 Å². The monoisotopic (exact) mass is 556 g/mol. The maximum absolute atomic E-state index is 13.4. The zero-order valence-corrected chi connectivity index (χ0v) is 21.8. The van der Waals surface area contributed by atoms with E-state index in [-0.39, 0.29) is 24.3 Å². The van der Waals surface area contributed by atoms with Crippen molar-refractivity contribution in [3.63, 3.8) is 0 Å². The SMILES string of the molecule is C#Cc1cc(NS(=O)(=O)NCCNc2ccc(-c3cc(-c4cnn(C)c4)cn4ncc(C#N)c34)cn2)cnc1F. The molecule has 0 aromatic carbocycles. The summed E-state index contributed by atoms with van der Waals surface area (Å²) in [6, 6.07) is 8.92. The van der Waals surface area contributed by atoms with Gasteiger partial charge in [-0.15, -0.1) is 6.42 Å². The van der Waals surface area contributed by atoms with Gasteiger partial charge < -0.3 is 5.32 Å². The number of hydrogen-bond acceptors (Lipinski definition) is 8. The molecule has 0 spiro atoms. The number of anilines is 2. The molecule has 0 saturated carbocycles. The lowest BCUT2D eigenvalue weighted by Crippen LogP contribution is -2.33. The Morgan fingerprint density at radius 3 is 2.55 bits per heavy atom. The lowest BCUT2D eigenvalue weighted by molar-refractivity contribution is 0.579. The Kier molecular flexibility index (Phi) is 7.11. The van der Waals surface area contributed by atoms with E-state index in [1.54, 1.807) is 27.7 Å². The first-order chi connectivity index (χ1) is 19.3. The van der Waals surface area contributed by atoms with Gasteiger partial charge in [-0.3, -0.25) is 9.40 Å². The number of nitriles is 1. The molecular formula is C26H21FN10O2S. The van der Waals surface area contributed by atoms with E-state index < -0.39 is 16.2 Å². The van der Waals surface area contributed by atoms with E-state index in [2.05, 4.69) is 46.9 Å². The molecule has 0 aliphatic rings. The number of pyridine rings is 3. The first-order valence-electron chi connectivity index (χ1n) is 11.8. The highest BCUT2D eigenvalue weighted by Gasteiger charge is 2.15. The van der Waals surface area contributed by atoms with Crippen LogP contribution in [0.4, 0.5) is 15.9 Å². The fourth-order valence-corrected chi connectivity index (χ4v) is 4.85. The summed E-state index contributed by atoms with van der Waals surface area (Å²) in [4.78, 5) is 7.88. The molecule has 200 valence electrons. The van der Waals surface area contributed by atoms with Crippen molar-refractivity contribution in [1.29, 1.82) is 5.26 Å². The van der Waals surface area contributed by atoms with E-state index in [1.807, 2.05) is 31.6 Å². The highest BCUT2D eigenvalue weighted by molar-refractivity contribution is 7.90. The van der Waals surface area contributed by atoms with E-state index in [1.165, 1.54) is 12.3 Å². The highest BCUT2D eigenvalue weighted by atomic mass is 32.2. The zero-order valence-electron chi connectivity index (χ0n) is 21.0. The molecule has 0 aliphatic heterocycles. The van der Waals surface area contributed by atoms with Crippen molar-refractivity contribution in [3.8, 4) is 40.7 Å². The molecule has 0 bridgehead atoms. The fourth-order valence-electron chi connectivity index (χ4n) is 3.98. The van der Waals surface area contributed by atoms with Crippen LogP contribution in [0.1, 0.15) is 11.1 Å².